The van der Waals surface area contributed by atoms with Gasteiger partial charge in [0.2, 0.25) is 0 Å². The fourth-order valence-electron chi connectivity index (χ4n) is 4.54. The molecule has 6 nitrogen and oxygen atoms in total. The topological polar surface area (TPSA) is 77.0 Å². The third-order valence-corrected chi connectivity index (χ3v) is 6.57. The lowest BCUT2D eigenvalue weighted by Crippen LogP contribution is -2.25. The lowest BCUT2D eigenvalue weighted by molar-refractivity contribution is 0.238. The third-order valence-electron chi connectivity index (χ3n) is 6.57. The molecule has 2 aromatic carbocycles. The number of nitrogens with zero attached hydrogens (tertiary/aromatic N) is 3. The maximum atomic E-state index is 9.71. The average molecular weight is 464 g/mol. The number of hydrogen-bond acceptors (Lipinski definition) is 5. The number of benzene rings is 2. The van der Waals surface area contributed by atoms with Crippen LogP contribution >= 0.6 is 0 Å². The minimum atomic E-state index is 0.502. The standard InChI is InChI=1S/C29H29N5O/c1-21-26-12-13-32-28(26)11-10-27(21)33-29-23(19-31-20-24(29)18-30)7-4-22-5-8-25(9-6-22)35-17-16-34-14-2-3-15-34/h4-13,19-20,32H,2-3,14-17H2,1H3,(H,31,33). The number of aromatic nitrogens is 2. The van der Waals surface area contributed by atoms with Crippen LogP contribution in [0.25, 0.3) is 23.1 Å². The maximum absolute atomic E-state index is 9.71. The largest absolute Gasteiger partial charge is 0.492 e. The van der Waals surface area contributed by atoms with Gasteiger partial charge in [0.1, 0.15) is 18.4 Å². The van der Waals surface area contributed by atoms with Crippen molar-refractivity contribution in [3.05, 3.63) is 83.3 Å². The van der Waals surface area contributed by atoms with Gasteiger partial charge in [-0.05, 0) is 74.3 Å². The summed E-state index contributed by atoms with van der Waals surface area (Å²) in [6, 6.07) is 16.5. The number of hydrogen-bond donors (Lipinski definition) is 2. The molecule has 1 aliphatic rings. The Hall–Kier alpha value is -4.08. The molecule has 0 bridgehead atoms. The molecular weight excluding hydrogens is 434 g/mol. The second-order valence-electron chi connectivity index (χ2n) is 8.86. The van der Waals surface area contributed by atoms with Crippen LogP contribution in [-0.4, -0.2) is 41.1 Å². The zero-order valence-corrected chi connectivity index (χ0v) is 19.9. The van der Waals surface area contributed by atoms with Gasteiger partial charge in [-0.3, -0.25) is 9.88 Å². The van der Waals surface area contributed by atoms with E-state index in [1.54, 1.807) is 12.4 Å². The van der Waals surface area contributed by atoms with E-state index in [4.69, 9.17) is 4.74 Å². The first kappa shape index (κ1) is 22.7. The number of rotatable bonds is 8. The van der Waals surface area contributed by atoms with E-state index in [0.717, 1.165) is 51.3 Å². The monoisotopic (exact) mass is 463 g/mol. The Kier molecular flexibility index (Phi) is 6.78. The van der Waals surface area contributed by atoms with E-state index in [1.807, 2.05) is 54.7 Å². The van der Waals surface area contributed by atoms with Crippen LogP contribution in [-0.2, 0) is 0 Å². The van der Waals surface area contributed by atoms with Crippen molar-refractivity contribution in [2.45, 2.75) is 19.8 Å². The molecule has 0 unspecified atom stereocenters. The molecule has 4 aromatic rings. The predicted molar refractivity (Wildman–Crippen MR) is 142 cm³/mol. The lowest BCUT2D eigenvalue weighted by atomic mass is 10.1. The van der Waals surface area contributed by atoms with Gasteiger partial charge in [-0.25, -0.2) is 0 Å². The van der Waals surface area contributed by atoms with Gasteiger partial charge in [-0.1, -0.05) is 24.3 Å². The second kappa shape index (κ2) is 10.5. The van der Waals surface area contributed by atoms with E-state index in [9.17, 15) is 5.26 Å². The summed E-state index contributed by atoms with van der Waals surface area (Å²) in [6.07, 6.45) is 11.9. The van der Waals surface area contributed by atoms with Crippen molar-refractivity contribution in [2.24, 2.45) is 0 Å². The first-order valence-electron chi connectivity index (χ1n) is 12.1. The first-order valence-corrected chi connectivity index (χ1v) is 12.1. The highest BCUT2D eigenvalue weighted by atomic mass is 16.5. The van der Waals surface area contributed by atoms with E-state index < -0.39 is 0 Å². The normalized spacial score (nSPS) is 13.9. The highest BCUT2D eigenvalue weighted by molar-refractivity contribution is 5.90. The van der Waals surface area contributed by atoms with Crippen molar-refractivity contribution in [3.63, 3.8) is 0 Å². The van der Waals surface area contributed by atoms with E-state index in [1.165, 1.54) is 25.9 Å². The molecule has 176 valence electrons. The number of fused-ring (bicyclic) bond motifs is 1. The van der Waals surface area contributed by atoms with Gasteiger partial charge in [0.05, 0.1) is 11.3 Å². The van der Waals surface area contributed by atoms with E-state index in [-0.39, 0.29) is 0 Å². The molecule has 0 amide bonds. The van der Waals surface area contributed by atoms with Crippen molar-refractivity contribution < 1.29 is 4.74 Å². The molecule has 0 saturated carbocycles. The summed E-state index contributed by atoms with van der Waals surface area (Å²) in [7, 11) is 0. The van der Waals surface area contributed by atoms with E-state index in [0.29, 0.717) is 12.2 Å². The molecule has 1 fully saturated rings. The summed E-state index contributed by atoms with van der Waals surface area (Å²) in [5.74, 6) is 0.882. The average Bonchev–Trinajstić information content (AvgIpc) is 3.58. The van der Waals surface area contributed by atoms with Crippen molar-refractivity contribution >= 4 is 34.4 Å². The Labute approximate surface area is 205 Å². The van der Waals surface area contributed by atoms with Gasteiger partial charge in [-0.15, -0.1) is 0 Å². The van der Waals surface area contributed by atoms with Gasteiger partial charge in [0.25, 0.3) is 0 Å². The number of nitrogens with one attached hydrogen (secondary N) is 2. The zero-order valence-electron chi connectivity index (χ0n) is 19.9. The summed E-state index contributed by atoms with van der Waals surface area (Å²) in [5, 5.41) is 14.3. The van der Waals surface area contributed by atoms with E-state index in [2.05, 4.69) is 39.2 Å². The van der Waals surface area contributed by atoms with Crippen LogP contribution in [0.5, 0.6) is 5.75 Å². The van der Waals surface area contributed by atoms with Crippen molar-refractivity contribution in [1.82, 2.24) is 14.9 Å². The van der Waals surface area contributed by atoms with Gasteiger partial charge in [0, 0.05) is 47.3 Å². The van der Waals surface area contributed by atoms with Crippen LogP contribution in [0, 0.1) is 18.3 Å². The molecule has 5 rings (SSSR count). The molecule has 1 saturated heterocycles. The molecular formula is C29H29N5O. The molecule has 35 heavy (non-hydrogen) atoms. The van der Waals surface area contributed by atoms with Crippen LogP contribution < -0.4 is 10.1 Å². The summed E-state index contributed by atoms with van der Waals surface area (Å²) in [6.45, 7) is 6.15. The van der Waals surface area contributed by atoms with Crippen molar-refractivity contribution in [1.29, 1.82) is 5.26 Å². The second-order valence-corrected chi connectivity index (χ2v) is 8.86. The molecule has 6 heteroatoms. The maximum Gasteiger partial charge on any atom is 0.119 e. The van der Waals surface area contributed by atoms with Crippen LogP contribution in [0.2, 0.25) is 0 Å². The van der Waals surface area contributed by atoms with Gasteiger partial charge < -0.3 is 15.0 Å². The minimum Gasteiger partial charge on any atom is -0.492 e. The number of aromatic amines is 1. The number of pyridine rings is 1. The smallest absolute Gasteiger partial charge is 0.119 e. The quantitative estimate of drug-likeness (QED) is 0.329. The SMILES string of the molecule is Cc1c(Nc2c(C#N)cncc2C=Cc2ccc(OCCN3CCCC3)cc2)ccc2[nH]ccc12. The summed E-state index contributed by atoms with van der Waals surface area (Å²) in [4.78, 5) is 9.96. The molecule has 0 aliphatic carbocycles. The fourth-order valence-corrected chi connectivity index (χ4v) is 4.54. The molecule has 2 N–H and O–H groups in total. The molecule has 0 atom stereocenters. The Morgan fingerprint density at radius 2 is 1.91 bits per heavy atom. The van der Waals surface area contributed by atoms with Crippen LogP contribution in [0.15, 0.2) is 61.1 Å². The van der Waals surface area contributed by atoms with Gasteiger partial charge >= 0.3 is 0 Å². The highest BCUT2D eigenvalue weighted by Crippen LogP contribution is 2.31. The van der Waals surface area contributed by atoms with Crippen LogP contribution in [0.4, 0.5) is 11.4 Å². The molecule has 0 radical (unpaired) electrons. The van der Waals surface area contributed by atoms with Crippen molar-refractivity contribution in [2.75, 3.05) is 31.6 Å². The number of aryl methyl sites for hydroxylation is 1. The summed E-state index contributed by atoms with van der Waals surface area (Å²) < 4.78 is 5.91. The van der Waals surface area contributed by atoms with E-state index >= 15 is 0 Å². The zero-order chi connectivity index (χ0) is 24.0. The third kappa shape index (κ3) is 5.21. The Morgan fingerprint density at radius 3 is 2.71 bits per heavy atom. The number of likely N-dealkylation sites (tertiary alicyclic amines) is 1. The Balaban J connectivity index is 1.31. The minimum absolute atomic E-state index is 0.502. The van der Waals surface area contributed by atoms with Gasteiger partial charge in [0.15, 0.2) is 0 Å². The van der Waals surface area contributed by atoms with Crippen molar-refractivity contribution in [3.8, 4) is 11.8 Å². The Bertz CT molecular complexity index is 1370. The number of H-pyrrole nitrogens is 1. The van der Waals surface area contributed by atoms with Crippen LogP contribution in [0.3, 0.4) is 0 Å². The molecule has 1 aliphatic heterocycles. The number of anilines is 2. The summed E-state index contributed by atoms with van der Waals surface area (Å²) >= 11 is 0. The predicted octanol–water partition coefficient (Wildman–Crippen LogP) is 6.13. The summed E-state index contributed by atoms with van der Waals surface area (Å²) in [5.41, 5.74) is 6.33. The van der Waals surface area contributed by atoms with Crippen LogP contribution in [0.1, 0.15) is 35.1 Å². The Morgan fingerprint density at radius 1 is 1.09 bits per heavy atom. The first-order chi connectivity index (χ1) is 17.2. The van der Waals surface area contributed by atoms with Gasteiger partial charge in [-0.2, -0.15) is 5.26 Å². The highest BCUT2D eigenvalue weighted by Gasteiger charge is 2.12. The molecule has 3 heterocycles. The molecule has 2 aromatic heterocycles. The fraction of sp³-hybridized carbons (Fsp3) is 0.241. The lowest BCUT2D eigenvalue weighted by Gasteiger charge is -2.15. The molecule has 0 spiro atoms. The number of nitriles is 1. The number of ether oxygens (including phenoxy) is 1.